The molecule has 1 atom stereocenters. The largest absolute Gasteiger partial charge is 0.416 e. The zero-order chi connectivity index (χ0) is 26.0. The van der Waals surface area contributed by atoms with Gasteiger partial charge in [0, 0.05) is 11.5 Å². The average molecular weight is 516 g/mol. The first-order valence-corrected chi connectivity index (χ1v) is 12.3. The molecule has 0 saturated heterocycles. The second-order valence-corrected chi connectivity index (χ2v) is 10.1. The van der Waals surface area contributed by atoms with Gasteiger partial charge in [0.15, 0.2) is 0 Å². The molecule has 3 nitrogen and oxygen atoms in total. The van der Waals surface area contributed by atoms with Crippen molar-refractivity contribution in [2.24, 2.45) is 5.92 Å². The minimum atomic E-state index is -4.97. The standard InChI is InChI=1S/C27H31F6NO2/c28-26(29,30)21-12-19(13-22(14-21)27(31,32)33)24(16-35)36-17-25(20-4-2-1-3-5-20)10-8-23(9-11-25)34-15-18-6-7-18/h1-5,12-14,18,23-24,34-35H,6-11,15-17H2/t23?,24-,25?/m1/s1. The summed E-state index contributed by atoms with van der Waals surface area (Å²) in [6.45, 7) is 0.341. The van der Waals surface area contributed by atoms with E-state index in [2.05, 4.69) is 5.32 Å². The van der Waals surface area contributed by atoms with Gasteiger partial charge >= 0.3 is 12.4 Å². The third-order valence-corrected chi connectivity index (χ3v) is 7.43. The molecule has 2 aliphatic carbocycles. The molecule has 0 unspecified atom stereocenters. The maximum atomic E-state index is 13.3. The van der Waals surface area contributed by atoms with Crippen molar-refractivity contribution in [2.45, 2.75) is 68.4 Å². The first-order valence-electron chi connectivity index (χ1n) is 12.3. The summed E-state index contributed by atoms with van der Waals surface area (Å²) in [5.41, 5.74) is -2.62. The fourth-order valence-electron chi connectivity index (χ4n) is 5.02. The number of aliphatic hydroxyl groups is 1. The van der Waals surface area contributed by atoms with Gasteiger partial charge in [-0.05, 0) is 80.3 Å². The van der Waals surface area contributed by atoms with Crippen molar-refractivity contribution in [3.05, 3.63) is 70.8 Å². The Bertz CT molecular complexity index is 963. The summed E-state index contributed by atoms with van der Waals surface area (Å²) in [4.78, 5) is 0. The third-order valence-electron chi connectivity index (χ3n) is 7.43. The van der Waals surface area contributed by atoms with Crippen molar-refractivity contribution in [3.63, 3.8) is 0 Å². The topological polar surface area (TPSA) is 41.5 Å². The van der Waals surface area contributed by atoms with Crippen molar-refractivity contribution in [2.75, 3.05) is 19.8 Å². The van der Waals surface area contributed by atoms with Crippen LogP contribution in [0.15, 0.2) is 48.5 Å². The zero-order valence-electron chi connectivity index (χ0n) is 19.8. The molecule has 2 fully saturated rings. The van der Waals surface area contributed by atoms with Crippen LogP contribution in [-0.2, 0) is 22.5 Å². The lowest BCUT2D eigenvalue weighted by molar-refractivity contribution is -0.143. The van der Waals surface area contributed by atoms with Gasteiger partial charge in [-0.3, -0.25) is 0 Å². The Morgan fingerprint density at radius 3 is 1.97 bits per heavy atom. The molecule has 36 heavy (non-hydrogen) atoms. The number of ether oxygens (including phenoxy) is 1. The SMILES string of the molecule is OC[C@@H](OCC1(c2ccccc2)CCC(NCC2CC2)CC1)c1cc(C(F)(F)F)cc(C(F)(F)F)c1. The van der Waals surface area contributed by atoms with Crippen LogP contribution in [0, 0.1) is 5.92 Å². The van der Waals surface area contributed by atoms with Gasteiger partial charge in [-0.25, -0.2) is 0 Å². The number of rotatable bonds is 9. The lowest BCUT2D eigenvalue weighted by Crippen LogP contribution is -2.43. The van der Waals surface area contributed by atoms with Crippen LogP contribution in [0.1, 0.15) is 66.9 Å². The van der Waals surface area contributed by atoms with Crippen LogP contribution in [0.2, 0.25) is 0 Å². The number of benzene rings is 2. The summed E-state index contributed by atoms with van der Waals surface area (Å²) in [6.07, 6.45) is -5.44. The fraction of sp³-hybridized carbons (Fsp3) is 0.556. The summed E-state index contributed by atoms with van der Waals surface area (Å²) < 4.78 is 86.0. The van der Waals surface area contributed by atoms with E-state index >= 15 is 0 Å². The predicted octanol–water partition coefficient (Wildman–Crippen LogP) is 6.65. The van der Waals surface area contributed by atoms with Crippen LogP contribution in [0.4, 0.5) is 26.3 Å². The van der Waals surface area contributed by atoms with E-state index in [1.165, 1.54) is 12.8 Å². The Hall–Kier alpha value is -2.10. The quantitative estimate of drug-likeness (QED) is 0.367. The number of halogens is 6. The van der Waals surface area contributed by atoms with E-state index in [-0.39, 0.29) is 18.2 Å². The van der Waals surface area contributed by atoms with Gasteiger partial charge in [0.1, 0.15) is 6.10 Å². The van der Waals surface area contributed by atoms with Gasteiger partial charge < -0.3 is 15.2 Å². The highest BCUT2D eigenvalue weighted by Crippen LogP contribution is 2.42. The van der Waals surface area contributed by atoms with E-state index in [0.29, 0.717) is 18.2 Å². The molecule has 2 saturated carbocycles. The van der Waals surface area contributed by atoms with Gasteiger partial charge in [0.25, 0.3) is 0 Å². The Labute approximate surface area is 206 Å². The molecule has 0 aromatic heterocycles. The highest BCUT2D eigenvalue weighted by molar-refractivity contribution is 5.35. The summed E-state index contributed by atoms with van der Waals surface area (Å²) >= 11 is 0. The van der Waals surface area contributed by atoms with Crippen molar-refractivity contribution in [1.29, 1.82) is 0 Å². The normalized spacial score (nSPS) is 24.0. The third kappa shape index (κ3) is 6.61. The molecule has 0 heterocycles. The van der Waals surface area contributed by atoms with Gasteiger partial charge in [0.2, 0.25) is 0 Å². The highest BCUT2D eigenvalue weighted by Gasteiger charge is 2.40. The maximum absolute atomic E-state index is 13.3. The molecule has 0 radical (unpaired) electrons. The lowest BCUT2D eigenvalue weighted by atomic mass is 9.68. The van der Waals surface area contributed by atoms with Crippen LogP contribution in [0.5, 0.6) is 0 Å². The molecule has 0 aliphatic heterocycles. The van der Waals surface area contributed by atoms with Gasteiger partial charge in [0.05, 0.1) is 24.3 Å². The van der Waals surface area contributed by atoms with Crippen molar-refractivity contribution < 1.29 is 36.2 Å². The van der Waals surface area contributed by atoms with Crippen LogP contribution >= 0.6 is 0 Å². The number of aliphatic hydroxyl groups excluding tert-OH is 1. The second-order valence-electron chi connectivity index (χ2n) is 10.1. The average Bonchev–Trinajstić information content (AvgIpc) is 3.68. The summed E-state index contributed by atoms with van der Waals surface area (Å²) in [5.74, 6) is 0.758. The van der Waals surface area contributed by atoms with E-state index in [0.717, 1.165) is 43.7 Å². The first kappa shape index (κ1) is 26.9. The summed E-state index contributed by atoms with van der Waals surface area (Å²) in [5, 5.41) is 13.5. The van der Waals surface area contributed by atoms with E-state index in [4.69, 9.17) is 4.74 Å². The molecule has 2 aliphatic rings. The maximum Gasteiger partial charge on any atom is 0.416 e. The summed E-state index contributed by atoms with van der Waals surface area (Å²) in [6, 6.07) is 11.4. The smallest absolute Gasteiger partial charge is 0.393 e. The molecular formula is C27H31F6NO2. The predicted molar refractivity (Wildman–Crippen MR) is 123 cm³/mol. The van der Waals surface area contributed by atoms with Crippen LogP contribution in [0.3, 0.4) is 0 Å². The van der Waals surface area contributed by atoms with E-state index in [1.54, 1.807) is 0 Å². The molecular weight excluding hydrogens is 484 g/mol. The van der Waals surface area contributed by atoms with E-state index in [1.807, 2.05) is 30.3 Å². The van der Waals surface area contributed by atoms with Crippen LogP contribution in [0.25, 0.3) is 0 Å². The molecule has 0 amide bonds. The first-order chi connectivity index (χ1) is 17.0. The number of alkyl halides is 6. The highest BCUT2D eigenvalue weighted by atomic mass is 19.4. The lowest BCUT2D eigenvalue weighted by Gasteiger charge is -2.41. The van der Waals surface area contributed by atoms with Gasteiger partial charge in [-0.15, -0.1) is 0 Å². The molecule has 198 valence electrons. The second kappa shape index (κ2) is 10.7. The number of nitrogens with one attached hydrogen (secondary N) is 1. The van der Waals surface area contributed by atoms with Crippen LogP contribution in [-0.4, -0.2) is 30.9 Å². The molecule has 0 spiro atoms. The molecule has 2 aromatic carbocycles. The van der Waals surface area contributed by atoms with Crippen molar-refractivity contribution in [3.8, 4) is 0 Å². The van der Waals surface area contributed by atoms with Crippen molar-refractivity contribution >= 4 is 0 Å². The molecule has 2 N–H and O–H groups in total. The van der Waals surface area contributed by atoms with E-state index < -0.39 is 41.6 Å². The van der Waals surface area contributed by atoms with Gasteiger partial charge in [-0.2, -0.15) is 26.3 Å². The fourth-order valence-corrected chi connectivity index (χ4v) is 5.02. The molecule has 0 bridgehead atoms. The van der Waals surface area contributed by atoms with Gasteiger partial charge in [-0.1, -0.05) is 30.3 Å². The number of hydrogen-bond donors (Lipinski definition) is 2. The molecule has 9 heteroatoms. The Kier molecular flexibility index (Phi) is 8.02. The minimum Gasteiger partial charge on any atom is -0.393 e. The van der Waals surface area contributed by atoms with Crippen LogP contribution < -0.4 is 5.32 Å². The summed E-state index contributed by atoms with van der Waals surface area (Å²) in [7, 11) is 0. The molecule has 2 aromatic rings. The minimum absolute atomic E-state index is 0.0786. The Balaban J connectivity index is 1.54. The zero-order valence-corrected chi connectivity index (χ0v) is 19.8. The Morgan fingerprint density at radius 2 is 1.47 bits per heavy atom. The number of hydrogen-bond acceptors (Lipinski definition) is 3. The van der Waals surface area contributed by atoms with Crippen molar-refractivity contribution in [1.82, 2.24) is 5.32 Å². The van der Waals surface area contributed by atoms with E-state index in [9.17, 15) is 31.4 Å². The molecule has 4 rings (SSSR count). The monoisotopic (exact) mass is 515 g/mol. The Morgan fingerprint density at radius 1 is 0.889 bits per heavy atom.